The molecule has 1 saturated carbocycles. The molecular formula is C30H44N2O8. The van der Waals surface area contributed by atoms with Crippen molar-refractivity contribution in [2.75, 3.05) is 72.3 Å². The van der Waals surface area contributed by atoms with Crippen LogP contribution in [0, 0.1) is 20.8 Å². The number of aliphatic hydroxyl groups is 1. The third-order valence-corrected chi connectivity index (χ3v) is 8.20. The summed E-state index contributed by atoms with van der Waals surface area (Å²) in [4.78, 5) is 28.1. The number of rotatable bonds is 13. The van der Waals surface area contributed by atoms with E-state index in [0.29, 0.717) is 44.8 Å². The number of aryl methyl sites for hydroxylation is 3. The van der Waals surface area contributed by atoms with Gasteiger partial charge in [-0.2, -0.15) is 0 Å². The van der Waals surface area contributed by atoms with Crippen molar-refractivity contribution >= 4 is 17.5 Å². The fourth-order valence-corrected chi connectivity index (χ4v) is 6.12. The van der Waals surface area contributed by atoms with E-state index in [1.54, 1.807) is 0 Å². The Morgan fingerprint density at radius 3 is 2.12 bits per heavy atom. The van der Waals surface area contributed by atoms with Gasteiger partial charge in [-0.15, -0.1) is 0 Å². The van der Waals surface area contributed by atoms with Gasteiger partial charge in [0.2, 0.25) is 0 Å². The second-order valence-corrected chi connectivity index (χ2v) is 11.2. The standard InChI is InChI=1S/C30H44N2O8/c1-21-18-22(2)26(23(3)19-21)27-28(35)30(40-29(27)36)6-4-24(5-7-30)39-15-13-32-10-8-31(9-11-32)12-14-37-16-17-38-20-25(33)34/h18-19,24,35H,4-17,20H2,1-3H3,(H,33,34). The molecule has 1 spiro atoms. The molecule has 0 radical (unpaired) electrons. The third kappa shape index (κ3) is 7.61. The van der Waals surface area contributed by atoms with Crippen molar-refractivity contribution in [3.8, 4) is 0 Å². The Bertz CT molecular complexity index is 1050. The van der Waals surface area contributed by atoms with Crippen LogP contribution < -0.4 is 0 Å². The summed E-state index contributed by atoms with van der Waals surface area (Å²) < 4.78 is 22.6. The molecule has 0 bridgehead atoms. The van der Waals surface area contributed by atoms with Gasteiger partial charge in [0.05, 0.1) is 32.5 Å². The van der Waals surface area contributed by atoms with Crippen LogP contribution in [0.2, 0.25) is 0 Å². The third-order valence-electron chi connectivity index (χ3n) is 8.20. The number of piperazine rings is 1. The Morgan fingerprint density at radius 2 is 1.52 bits per heavy atom. The van der Waals surface area contributed by atoms with E-state index in [2.05, 4.69) is 9.80 Å². The number of carbonyl (C=O) groups is 2. The molecule has 1 aromatic rings. The number of aliphatic carboxylic acids is 1. The summed E-state index contributed by atoms with van der Waals surface area (Å²) >= 11 is 0. The molecule has 2 heterocycles. The molecule has 0 atom stereocenters. The van der Waals surface area contributed by atoms with Crippen LogP contribution >= 0.6 is 0 Å². The normalized spacial score (nSPS) is 24.2. The Morgan fingerprint density at radius 1 is 0.950 bits per heavy atom. The van der Waals surface area contributed by atoms with Crippen molar-refractivity contribution < 1.29 is 38.7 Å². The summed E-state index contributed by atoms with van der Waals surface area (Å²) in [6.45, 7) is 13.3. The molecule has 2 fully saturated rings. The highest BCUT2D eigenvalue weighted by Crippen LogP contribution is 2.46. The predicted octanol–water partition coefficient (Wildman–Crippen LogP) is 2.87. The first kappa shape index (κ1) is 30.5. The molecule has 0 amide bonds. The van der Waals surface area contributed by atoms with Crippen LogP contribution in [0.4, 0.5) is 0 Å². The lowest BCUT2D eigenvalue weighted by molar-refractivity contribution is -0.152. The van der Waals surface area contributed by atoms with Crippen LogP contribution in [0.5, 0.6) is 0 Å². The highest BCUT2D eigenvalue weighted by atomic mass is 16.6. The van der Waals surface area contributed by atoms with Gasteiger partial charge in [0.25, 0.3) is 0 Å². The van der Waals surface area contributed by atoms with Crippen molar-refractivity contribution in [2.45, 2.75) is 58.2 Å². The molecule has 222 valence electrons. The van der Waals surface area contributed by atoms with Crippen molar-refractivity contribution in [1.29, 1.82) is 0 Å². The number of hydrogen-bond donors (Lipinski definition) is 2. The minimum absolute atomic E-state index is 0.0841. The Hall–Kier alpha value is -2.50. The summed E-state index contributed by atoms with van der Waals surface area (Å²) in [5, 5.41) is 19.8. The summed E-state index contributed by atoms with van der Waals surface area (Å²) in [6.07, 6.45) is 2.71. The van der Waals surface area contributed by atoms with Crippen molar-refractivity contribution in [3.63, 3.8) is 0 Å². The molecule has 2 aliphatic heterocycles. The van der Waals surface area contributed by atoms with Crippen molar-refractivity contribution in [1.82, 2.24) is 9.80 Å². The van der Waals surface area contributed by atoms with Gasteiger partial charge in [0, 0.05) is 39.3 Å². The largest absolute Gasteiger partial charge is 0.507 e. The van der Waals surface area contributed by atoms with Crippen molar-refractivity contribution in [3.05, 3.63) is 40.1 Å². The molecule has 40 heavy (non-hydrogen) atoms. The van der Waals surface area contributed by atoms with Gasteiger partial charge in [-0.3, -0.25) is 9.80 Å². The SMILES string of the molecule is Cc1cc(C)c(C2=C(O)C3(CCC(OCCN4CCN(CCOCCOCC(=O)O)CC4)CC3)OC2=O)c(C)c1. The van der Waals surface area contributed by atoms with E-state index in [1.165, 1.54) is 0 Å². The zero-order valence-electron chi connectivity index (χ0n) is 24.1. The lowest BCUT2D eigenvalue weighted by atomic mass is 9.80. The number of ether oxygens (including phenoxy) is 4. The van der Waals surface area contributed by atoms with E-state index in [9.17, 15) is 14.7 Å². The molecule has 1 saturated heterocycles. The summed E-state index contributed by atoms with van der Waals surface area (Å²) in [5.74, 6) is -1.31. The fraction of sp³-hybridized carbons (Fsp3) is 0.667. The van der Waals surface area contributed by atoms with Gasteiger partial charge in [-0.1, -0.05) is 17.7 Å². The van der Waals surface area contributed by atoms with Crippen LogP contribution in [-0.4, -0.2) is 116 Å². The summed E-state index contributed by atoms with van der Waals surface area (Å²) in [6, 6.07) is 4.07. The number of carbonyl (C=O) groups excluding carboxylic acids is 1. The van der Waals surface area contributed by atoms with Gasteiger partial charge >= 0.3 is 11.9 Å². The van der Waals surface area contributed by atoms with Crippen LogP contribution in [0.3, 0.4) is 0 Å². The highest BCUT2D eigenvalue weighted by molar-refractivity contribution is 6.20. The number of aliphatic hydroxyl groups excluding tert-OH is 1. The zero-order valence-corrected chi connectivity index (χ0v) is 24.1. The topological polar surface area (TPSA) is 118 Å². The summed E-state index contributed by atoms with van der Waals surface area (Å²) in [7, 11) is 0. The first-order valence-corrected chi connectivity index (χ1v) is 14.4. The van der Waals surface area contributed by atoms with Gasteiger partial charge in [0.15, 0.2) is 11.4 Å². The molecule has 0 unspecified atom stereocenters. The maximum atomic E-state index is 12.9. The van der Waals surface area contributed by atoms with E-state index in [0.717, 1.165) is 74.4 Å². The number of benzene rings is 1. The molecule has 3 aliphatic rings. The van der Waals surface area contributed by atoms with E-state index in [4.69, 9.17) is 24.1 Å². The van der Waals surface area contributed by atoms with Gasteiger partial charge in [-0.25, -0.2) is 9.59 Å². The highest BCUT2D eigenvalue weighted by Gasteiger charge is 2.51. The molecule has 0 aromatic heterocycles. The van der Waals surface area contributed by atoms with E-state index < -0.39 is 17.5 Å². The minimum Gasteiger partial charge on any atom is -0.507 e. The molecule has 10 nitrogen and oxygen atoms in total. The van der Waals surface area contributed by atoms with Crippen LogP contribution in [0.15, 0.2) is 17.9 Å². The first-order chi connectivity index (χ1) is 19.2. The Balaban J connectivity index is 1.14. The Kier molecular flexibility index (Phi) is 10.6. The predicted molar refractivity (Wildman–Crippen MR) is 149 cm³/mol. The quantitative estimate of drug-likeness (QED) is 0.275. The maximum absolute atomic E-state index is 12.9. The van der Waals surface area contributed by atoms with Gasteiger partial charge in [0.1, 0.15) is 12.2 Å². The first-order valence-electron chi connectivity index (χ1n) is 14.4. The van der Waals surface area contributed by atoms with E-state index in [1.807, 2.05) is 32.9 Å². The molecule has 2 N–H and O–H groups in total. The van der Waals surface area contributed by atoms with Crippen LogP contribution in [0.1, 0.15) is 47.9 Å². The molecule has 10 heteroatoms. The molecular weight excluding hydrogens is 516 g/mol. The van der Waals surface area contributed by atoms with Crippen LogP contribution in [0.25, 0.3) is 5.57 Å². The number of hydrogen-bond acceptors (Lipinski definition) is 9. The van der Waals surface area contributed by atoms with Gasteiger partial charge in [-0.05, 0) is 63.1 Å². The monoisotopic (exact) mass is 560 g/mol. The molecule has 1 aliphatic carbocycles. The summed E-state index contributed by atoms with van der Waals surface area (Å²) in [5.41, 5.74) is 3.26. The number of nitrogens with zero attached hydrogens (tertiary/aromatic N) is 2. The number of carboxylic acids is 1. The van der Waals surface area contributed by atoms with Crippen LogP contribution in [-0.2, 0) is 28.5 Å². The Labute approximate surface area is 236 Å². The number of carboxylic acid groups (broad SMARTS) is 1. The minimum atomic E-state index is -0.970. The average Bonchev–Trinajstić information content (AvgIpc) is 3.14. The average molecular weight is 561 g/mol. The second-order valence-electron chi connectivity index (χ2n) is 11.2. The van der Waals surface area contributed by atoms with E-state index >= 15 is 0 Å². The lowest BCUT2D eigenvalue weighted by Gasteiger charge is -2.37. The van der Waals surface area contributed by atoms with E-state index in [-0.39, 0.29) is 18.5 Å². The maximum Gasteiger partial charge on any atom is 0.343 e. The fourth-order valence-electron chi connectivity index (χ4n) is 6.12. The molecule has 1 aromatic carbocycles. The zero-order chi connectivity index (χ0) is 28.7. The lowest BCUT2D eigenvalue weighted by Crippen LogP contribution is -2.48. The van der Waals surface area contributed by atoms with Crippen molar-refractivity contribution in [2.24, 2.45) is 0 Å². The smallest absolute Gasteiger partial charge is 0.343 e. The molecule has 4 rings (SSSR count). The number of esters is 1. The van der Waals surface area contributed by atoms with Gasteiger partial charge < -0.3 is 29.2 Å². The second kappa shape index (κ2) is 13.9.